The van der Waals surface area contributed by atoms with Gasteiger partial charge in [-0.25, -0.2) is 28.7 Å². The first-order valence-electron chi connectivity index (χ1n) is 21.2. The summed E-state index contributed by atoms with van der Waals surface area (Å²) in [4.78, 5) is 39.2. The van der Waals surface area contributed by atoms with Crippen molar-refractivity contribution >= 4 is 45.1 Å². The number of halogens is 2. The fraction of sp³-hybridized carbons (Fsp3) is 0.435. The second-order valence-corrected chi connectivity index (χ2v) is 16.0. The summed E-state index contributed by atoms with van der Waals surface area (Å²) in [6.45, 7) is 16.4. The molecule has 6 aromatic rings. The zero-order chi connectivity index (χ0) is 40.9. The highest BCUT2D eigenvalue weighted by atomic mass is 19.3. The molecule has 0 radical (unpaired) electrons. The monoisotopic (exact) mass is 799 g/mol. The van der Waals surface area contributed by atoms with Gasteiger partial charge in [-0.1, -0.05) is 50.2 Å². The summed E-state index contributed by atoms with van der Waals surface area (Å²) in [6, 6.07) is 25.3. The van der Waals surface area contributed by atoms with Crippen LogP contribution in [0.4, 0.5) is 32.1 Å². The third kappa shape index (κ3) is 8.90. The minimum absolute atomic E-state index is 0.124. The Morgan fingerprint density at radius 2 is 1.07 bits per heavy atom. The van der Waals surface area contributed by atoms with Gasteiger partial charge in [0.05, 0.1) is 29.0 Å². The summed E-state index contributed by atoms with van der Waals surface area (Å²) >= 11 is 0. The quantitative estimate of drug-likeness (QED) is 0.157. The number of rotatable bonds is 7. The molecule has 4 aliphatic heterocycles. The number of hydrogen-bond acceptors (Lipinski definition) is 11. The standard InChI is InChI=1S/C24H30N6.C20H19F2N5.C2H6/c1-18(2)28-12-5-13-29(15-14-28)24-23(25-10-11-26-24)20-16-30(17-20)22-9-8-19-6-3-4-7-21(19)27-22;21-20(22)7-10-26(13-20)19-18(23-8-9-24-19)15-11-27(12-15)17-6-5-14-3-1-2-4-16(14)25-17;1-2/h3-4,6-11,18,20H,5,12-17H2,1-2H3;1-6,8-9,15H,7,10-13H2;1-2H3. The Morgan fingerprint density at radius 3 is 1.58 bits per heavy atom. The lowest BCUT2D eigenvalue weighted by molar-refractivity contribution is 0.0256. The van der Waals surface area contributed by atoms with E-state index in [9.17, 15) is 8.78 Å². The first-order valence-corrected chi connectivity index (χ1v) is 21.2. The lowest BCUT2D eigenvalue weighted by atomic mass is 9.95. The molecule has 0 unspecified atom stereocenters. The number of benzene rings is 2. The maximum absolute atomic E-state index is 13.6. The van der Waals surface area contributed by atoms with Crippen LogP contribution >= 0.6 is 0 Å². The molecule has 10 rings (SSSR count). The van der Waals surface area contributed by atoms with E-state index in [1.165, 1.54) is 11.8 Å². The van der Waals surface area contributed by atoms with Crippen LogP contribution in [0.3, 0.4) is 0 Å². The van der Waals surface area contributed by atoms with Gasteiger partial charge in [0.1, 0.15) is 11.6 Å². The average Bonchev–Trinajstić information content (AvgIpc) is 3.42. The summed E-state index contributed by atoms with van der Waals surface area (Å²) < 4.78 is 27.2. The lowest BCUT2D eigenvalue weighted by Crippen LogP contribution is -2.46. The number of para-hydroxylation sites is 2. The van der Waals surface area contributed by atoms with Crippen LogP contribution in [-0.4, -0.2) is 112 Å². The van der Waals surface area contributed by atoms with Gasteiger partial charge in [0.15, 0.2) is 11.6 Å². The summed E-state index contributed by atoms with van der Waals surface area (Å²) in [7, 11) is 0. The van der Waals surface area contributed by atoms with Crippen molar-refractivity contribution in [3.63, 3.8) is 0 Å². The van der Waals surface area contributed by atoms with E-state index >= 15 is 0 Å². The fourth-order valence-corrected chi connectivity index (χ4v) is 8.47. The van der Waals surface area contributed by atoms with Crippen LogP contribution in [0.1, 0.15) is 63.8 Å². The predicted octanol–water partition coefficient (Wildman–Crippen LogP) is 8.05. The summed E-state index contributed by atoms with van der Waals surface area (Å²) in [5.41, 5.74) is 3.98. The smallest absolute Gasteiger partial charge is 0.266 e. The van der Waals surface area contributed by atoms with Crippen molar-refractivity contribution < 1.29 is 8.78 Å². The molecule has 0 N–H and O–H groups in total. The molecule has 0 amide bonds. The molecule has 4 fully saturated rings. The van der Waals surface area contributed by atoms with Crippen molar-refractivity contribution in [2.75, 3.05) is 85.0 Å². The Morgan fingerprint density at radius 1 is 0.559 bits per heavy atom. The van der Waals surface area contributed by atoms with E-state index in [1.807, 2.05) is 62.6 Å². The number of hydrogen-bond donors (Lipinski definition) is 0. The maximum atomic E-state index is 13.6. The molecule has 13 heteroatoms. The zero-order valence-electron chi connectivity index (χ0n) is 34.6. The highest BCUT2D eigenvalue weighted by molar-refractivity contribution is 5.81. The first-order chi connectivity index (χ1) is 28.8. The molecule has 2 aromatic carbocycles. The van der Waals surface area contributed by atoms with Gasteiger partial charge in [-0.3, -0.25) is 14.9 Å². The predicted molar refractivity (Wildman–Crippen MR) is 234 cm³/mol. The van der Waals surface area contributed by atoms with Crippen LogP contribution in [0.25, 0.3) is 21.8 Å². The van der Waals surface area contributed by atoms with Crippen molar-refractivity contribution in [2.24, 2.45) is 0 Å². The number of pyridine rings is 2. The van der Waals surface area contributed by atoms with E-state index in [0.717, 1.165) is 97.6 Å². The number of nitrogens with zero attached hydrogens (tertiary/aromatic N) is 11. The number of fused-ring (bicyclic) bond motifs is 2. The van der Waals surface area contributed by atoms with Gasteiger partial charge < -0.3 is 19.6 Å². The van der Waals surface area contributed by atoms with E-state index in [4.69, 9.17) is 19.9 Å². The average molecular weight is 800 g/mol. The Balaban J connectivity index is 0.000000158. The first kappa shape index (κ1) is 40.2. The molecule has 0 bridgehead atoms. The van der Waals surface area contributed by atoms with Gasteiger partial charge in [-0.15, -0.1) is 0 Å². The van der Waals surface area contributed by atoms with Gasteiger partial charge in [0, 0.05) is 119 Å². The van der Waals surface area contributed by atoms with Crippen LogP contribution in [0.2, 0.25) is 0 Å². The molecule has 4 aliphatic rings. The van der Waals surface area contributed by atoms with Crippen molar-refractivity contribution in [2.45, 2.75) is 64.3 Å². The van der Waals surface area contributed by atoms with E-state index in [1.54, 1.807) is 17.3 Å². The van der Waals surface area contributed by atoms with Crippen molar-refractivity contribution in [3.05, 3.63) is 109 Å². The Hall–Kier alpha value is -5.56. The molecule has 0 spiro atoms. The van der Waals surface area contributed by atoms with Crippen LogP contribution in [0.15, 0.2) is 97.6 Å². The Bertz CT molecular complexity index is 2330. The normalized spacial score (nSPS) is 18.5. The summed E-state index contributed by atoms with van der Waals surface area (Å²) in [5, 5.41) is 2.30. The van der Waals surface area contributed by atoms with Crippen LogP contribution < -0.4 is 19.6 Å². The van der Waals surface area contributed by atoms with Gasteiger partial charge in [-0.2, -0.15) is 0 Å². The van der Waals surface area contributed by atoms with Crippen LogP contribution in [0.5, 0.6) is 0 Å². The topological polar surface area (TPSA) is 93.5 Å². The molecule has 308 valence electrons. The largest absolute Gasteiger partial charge is 0.355 e. The molecule has 0 aliphatic carbocycles. The highest BCUT2D eigenvalue weighted by Gasteiger charge is 2.41. The second kappa shape index (κ2) is 17.7. The van der Waals surface area contributed by atoms with Gasteiger partial charge in [0.25, 0.3) is 5.92 Å². The zero-order valence-corrected chi connectivity index (χ0v) is 34.6. The molecule has 4 aromatic heterocycles. The molecule has 11 nitrogen and oxygen atoms in total. The van der Waals surface area contributed by atoms with Gasteiger partial charge in [-0.05, 0) is 56.7 Å². The minimum Gasteiger partial charge on any atom is -0.355 e. The number of alkyl halides is 2. The SMILES string of the molecule is CC.CC(C)N1CCCN(c2nccnc2C2CN(c3ccc4ccccc4n3)C2)CC1.FC1(F)CCN(c2nccnc2C2CN(c3ccc4ccccc4n3)C2)C1. The minimum atomic E-state index is -2.64. The Labute approximate surface area is 346 Å². The summed E-state index contributed by atoms with van der Waals surface area (Å²) in [6.07, 6.45) is 7.95. The lowest BCUT2D eigenvalue weighted by Gasteiger charge is -2.41. The number of anilines is 4. The molecule has 8 heterocycles. The number of aromatic nitrogens is 6. The van der Waals surface area contributed by atoms with E-state index < -0.39 is 5.92 Å². The van der Waals surface area contributed by atoms with Crippen LogP contribution in [-0.2, 0) is 0 Å². The van der Waals surface area contributed by atoms with Gasteiger partial charge in [0.2, 0.25) is 0 Å². The van der Waals surface area contributed by atoms with Gasteiger partial charge >= 0.3 is 0 Å². The molecule has 59 heavy (non-hydrogen) atoms. The molecule has 0 atom stereocenters. The molecule has 0 saturated carbocycles. The Kier molecular flexibility index (Phi) is 12.1. The summed E-state index contributed by atoms with van der Waals surface area (Å²) in [5.74, 6) is 1.61. The van der Waals surface area contributed by atoms with Crippen molar-refractivity contribution in [1.82, 2.24) is 34.8 Å². The molecule has 4 saturated heterocycles. The third-order valence-corrected chi connectivity index (χ3v) is 11.8. The van der Waals surface area contributed by atoms with E-state index in [-0.39, 0.29) is 18.9 Å². The second-order valence-electron chi connectivity index (χ2n) is 16.0. The maximum Gasteiger partial charge on any atom is 0.266 e. The van der Waals surface area contributed by atoms with E-state index in [2.05, 4.69) is 79.8 Å². The third-order valence-electron chi connectivity index (χ3n) is 11.8. The van der Waals surface area contributed by atoms with E-state index in [0.29, 0.717) is 24.3 Å². The van der Waals surface area contributed by atoms with Crippen molar-refractivity contribution in [1.29, 1.82) is 0 Å². The van der Waals surface area contributed by atoms with Crippen LogP contribution in [0, 0.1) is 0 Å². The molecular formula is C46H55F2N11. The van der Waals surface area contributed by atoms with Crippen molar-refractivity contribution in [3.8, 4) is 0 Å². The fourth-order valence-electron chi connectivity index (χ4n) is 8.47. The highest BCUT2D eigenvalue weighted by Crippen LogP contribution is 2.38. The molecular weight excluding hydrogens is 745 g/mol.